The van der Waals surface area contributed by atoms with Crippen molar-refractivity contribution in [2.24, 2.45) is 0 Å². The summed E-state index contributed by atoms with van der Waals surface area (Å²) in [5.41, 5.74) is 0.910. The van der Waals surface area contributed by atoms with Crippen molar-refractivity contribution in [3.05, 3.63) is 30.1 Å². The van der Waals surface area contributed by atoms with Crippen LogP contribution >= 0.6 is 0 Å². The first-order valence-electron chi connectivity index (χ1n) is 6.86. The Morgan fingerprint density at radius 1 is 1.43 bits per heavy atom. The van der Waals surface area contributed by atoms with E-state index in [1.54, 1.807) is 6.20 Å². The molecule has 0 radical (unpaired) electrons. The van der Waals surface area contributed by atoms with Gasteiger partial charge >= 0.3 is 12.3 Å². The van der Waals surface area contributed by atoms with Crippen LogP contribution in [0.3, 0.4) is 0 Å². The minimum Gasteiger partial charge on any atom is -0.440 e. The zero-order chi connectivity index (χ0) is 15.3. The van der Waals surface area contributed by atoms with E-state index >= 15 is 0 Å². The van der Waals surface area contributed by atoms with Gasteiger partial charge in [0.05, 0.1) is 0 Å². The second-order valence-corrected chi connectivity index (χ2v) is 5.02. The van der Waals surface area contributed by atoms with Crippen molar-refractivity contribution in [3.63, 3.8) is 0 Å². The molecule has 1 aliphatic heterocycles. The van der Waals surface area contributed by atoms with E-state index in [0.29, 0.717) is 19.4 Å². The number of aromatic nitrogens is 1. The molecule has 21 heavy (non-hydrogen) atoms. The number of pyridine rings is 1. The molecule has 0 aliphatic carbocycles. The molecule has 1 aliphatic rings. The summed E-state index contributed by atoms with van der Waals surface area (Å²) in [6.07, 6.45) is -0.733. The zero-order valence-corrected chi connectivity index (χ0v) is 11.5. The fourth-order valence-electron chi connectivity index (χ4n) is 2.46. The van der Waals surface area contributed by atoms with Gasteiger partial charge in [-0.05, 0) is 37.8 Å². The van der Waals surface area contributed by atoms with E-state index in [4.69, 9.17) is 0 Å². The average molecular weight is 302 g/mol. The topological polar surface area (TPSA) is 42.4 Å². The number of carbonyl (C=O) groups is 1. The number of ether oxygens (including phenoxy) is 1. The second kappa shape index (κ2) is 6.78. The fraction of sp³-hybridized carbons (Fsp3) is 0.571. The predicted octanol–water partition coefficient (Wildman–Crippen LogP) is 3.18. The van der Waals surface area contributed by atoms with Crippen molar-refractivity contribution >= 4 is 6.09 Å². The van der Waals surface area contributed by atoms with Crippen molar-refractivity contribution in [3.8, 4) is 0 Å². The van der Waals surface area contributed by atoms with E-state index < -0.39 is 18.9 Å². The lowest BCUT2D eigenvalue weighted by molar-refractivity contribution is -0.162. The molecule has 1 amide bonds. The number of alkyl halides is 3. The summed E-state index contributed by atoms with van der Waals surface area (Å²) in [4.78, 5) is 17.3. The van der Waals surface area contributed by atoms with Gasteiger partial charge in [-0.15, -0.1) is 0 Å². The highest BCUT2D eigenvalue weighted by molar-refractivity contribution is 5.68. The van der Waals surface area contributed by atoms with Gasteiger partial charge in [-0.2, -0.15) is 13.2 Å². The van der Waals surface area contributed by atoms with E-state index in [1.165, 1.54) is 4.90 Å². The second-order valence-electron chi connectivity index (χ2n) is 5.02. The first-order chi connectivity index (χ1) is 9.96. The van der Waals surface area contributed by atoms with E-state index in [1.807, 2.05) is 18.2 Å². The Morgan fingerprint density at radius 2 is 2.24 bits per heavy atom. The van der Waals surface area contributed by atoms with Gasteiger partial charge in [-0.25, -0.2) is 4.79 Å². The van der Waals surface area contributed by atoms with E-state index in [-0.39, 0.29) is 6.04 Å². The summed E-state index contributed by atoms with van der Waals surface area (Å²) in [5.74, 6) is 0. The average Bonchev–Trinajstić information content (AvgIpc) is 2.91. The molecule has 2 rings (SSSR count). The molecule has 0 N–H and O–H groups in total. The van der Waals surface area contributed by atoms with Crippen LogP contribution in [0.5, 0.6) is 0 Å². The number of hydrogen-bond donors (Lipinski definition) is 0. The number of hydrogen-bond acceptors (Lipinski definition) is 3. The lowest BCUT2D eigenvalue weighted by Crippen LogP contribution is -2.37. The molecule has 0 aromatic carbocycles. The van der Waals surface area contributed by atoms with E-state index in [0.717, 1.165) is 18.5 Å². The normalized spacial score (nSPS) is 18.8. The fourth-order valence-corrected chi connectivity index (χ4v) is 2.46. The van der Waals surface area contributed by atoms with Crippen LogP contribution in [0.1, 0.15) is 25.0 Å². The Morgan fingerprint density at radius 3 is 2.90 bits per heavy atom. The quantitative estimate of drug-likeness (QED) is 0.858. The Kier molecular flexibility index (Phi) is 5.03. The third-order valence-electron chi connectivity index (χ3n) is 3.43. The lowest BCUT2D eigenvalue weighted by atomic mass is 10.1. The molecule has 4 nitrogen and oxygen atoms in total. The zero-order valence-electron chi connectivity index (χ0n) is 11.5. The van der Waals surface area contributed by atoms with Gasteiger partial charge in [0.2, 0.25) is 0 Å². The van der Waals surface area contributed by atoms with Crippen LogP contribution in [0.15, 0.2) is 24.4 Å². The van der Waals surface area contributed by atoms with Gasteiger partial charge in [0.1, 0.15) is 0 Å². The molecule has 0 saturated carbocycles. The van der Waals surface area contributed by atoms with Crippen LogP contribution in [0.4, 0.5) is 18.0 Å². The lowest BCUT2D eigenvalue weighted by Gasteiger charge is -2.24. The maximum Gasteiger partial charge on any atom is 0.422 e. The Hall–Kier alpha value is -1.79. The predicted molar refractivity (Wildman–Crippen MR) is 69.7 cm³/mol. The maximum atomic E-state index is 12.1. The molecule has 1 aromatic heterocycles. The van der Waals surface area contributed by atoms with Gasteiger partial charge in [0.15, 0.2) is 6.61 Å². The smallest absolute Gasteiger partial charge is 0.422 e. The number of aryl methyl sites for hydroxylation is 1. The van der Waals surface area contributed by atoms with Crippen molar-refractivity contribution < 1.29 is 22.7 Å². The minimum absolute atomic E-state index is 0.0762. The standard InChI is InChI=1S/C14H17F3N2O2/c15-14(16,17)10-21-13(20)19-9-3-5-12(19)7-6-11-4-1-2-8-18-11/h1-2,4,8,12H,3,5-7,9-10H2/t12-/m1/s1. The van der Waals surface area contributed by atoms with Gasteiger partial charge < -0.3 is 9.64 Å². The number of amides is 1. The molecule has 0 bridgehead atoms. The van der Waals surface area contributed by atoms with E-state index in [2.05, 4.69) is 9.72 Å². The molecule has 0 unspecified atom stereocenters. The first kappa shape index (κ1) is 15.6. The highest BCUT2D eigenvalue weighted by Crippen LogP contribution is 2.23. The van der Waals surface area contributed by atoms with Crippen molar-refractivity contribution in [2.75, 3.05) is 13.2 Å². The Bertz CT molecular complexity index is 465. The molecular weight excluding hydrogens is 285 g/mol. The van der Waals surface area contributed by atoms with Crippen LogP contribution in [0.25, 0.3) is 0 Å². The van der Waals surface area contributed by atoms with Crippen molar-refractivity contribution in [1.29, 1.82) is 0 Å². The molecule has 0 spiro atoms. The number of carbonyl (C=O) groups excluding carboxylic acids is 1. The first-order valence-corrected chi connectivity index (χ1v) is 6.86. The molecular formula is C14H17F3N2O2. The Balaban J connectivity index is 1.83. The van der Waals surface area contributed by atoms with E-state index in [9.17, 15) is 18.0 Å². The molecule has 1 atom stereocenters. The van der Waals surface area contributed by atoms with Gasteiger partial charge in [0, 0.05) is 24.5 Å². The van der Waals surface area contributed by atoms with Crippen LogP contribution in [-0.4, -0.2) is 41.3 Å². The molecule has 1 fully saturated rings. The van der Waals surface area contributed by atoms with Gasteiger partial charge in [-0.1, -0.05) is 6.07 Å². The summed E-state index contributed by atoms with van der Waals surface area (Å²) in [5, 5.41) is 0. The van der Waals surface area contributed by atoms with Crippen LogP contribution in [0, 0.1) is 0 Å². The summed E-state index contributed by atoms with van der Waals surface area (Å²) in [7, 11) is 0. The number of rotatable bonds is 4. The molecule has 116 valence electrons. The third kappa shape index (κ3) is 4.91. The minimum atomic E-state index is -4.49. The summed E-state index contributed by atoms with van der Waals surface area (Å²) in [6, 6.07) is 5.51. The highest BCUT2D eigenvalue weighted by atomic mass is 19.4. The van der Waals surface area contributed by atoms with Gasteiger partial charge in [-0.3, -0.25) is 4.98 Å². The number of halogens is 3. The molecule has 1 saturated heterocycles. The maximum absolute atomic E-state index is 12.1. The van der Waals surface area contributed by atoms with Crippen molar-refractivity contribution in [1.82, 2.24) is 9.88 Å². The number of nitrogens with zero attached hydrogens (tertiary/aromatic N) is 2. The summed E-state index contributed by atoms with van der Waals surface area (Å²) in [6.45, 7) is -1.08. The Labute approximate surface area is 120 Å². The number of likely N-dealkylation sites (tertiary alicyclic amines) is 1. The molecule has 7 heteroatoms. The largest absolute Gasteiger partial charge is 0.440 e. The third-order valence-corrected chi connectivity index (χ3v) is 3.43. The van der Waals surface area contributed by atoms with Crippen molar-refractivity contribution in [2.45, 2.75) is 37.9 Å². The molecule has 2 heterocycles. The van der Waals surface area contributed by atoms with Crippen LogP contribution in [0.2, 0.25) is 0 Å². The van der Waals surface area contributed by atoms with Crippen LogP contribution in [-0.2, 0) is 11.2 Å². The van der Waals surface area contributed by atoms with Gasteiger partial charge in [0.25, 0.3) is 0 Å². The monoisotopic (exact) mass is 302 g/mol. The summed E-state index contributed by atoms with van der Waals surface area (Å²) < 4.78 is 40.5. The SMILES string of the molecule is O=C(OCC(F)(F)F)N1CCC[C@@H]1CCc1ccccn1. The molecule has 1 aromatic rings. The highest BCUT2D eigenvalue weighted by Gasteiger charge is 2.34. The summed E-state index contributed by atoms with van der Waals surface area (Å²) >= 11 is 0. The van der Waals surface area contributed by atoms with Crippen LogP contribution < -0.4 is 0 Å².